The Morgan fingerprint density at radius 2 is 2.23 bits per heavy atom. The number of carbonyl (C=O) groups is 1. The Labute approximate surface area is 79.0 Å². The van der Waals surface area contributed by atoms with Crippen molar-refractivity contribution in [2.75, 3.05) is 26.2 Å². The molecule has 76 valence electrons. The van der Waals surface area contributed by atoms with E-state index in [9.17, 15) is 4.79 Å². The zero-order chi connectivity index (χ0) is 9.52. The van der Waals surface area contributed by atoms with Gasteiger partial charge in [0.25, 0.3) is 0 Å². The molecule has 0 aliphatic carbocycles. The van der Waals surface area contributed by atoms with Crippen LogP contribution in [0.5, 0.6) is 0 Å². The average Bonchev–Trinajstić information content (AvgIpc) is 2.17. The molecule has 0 spiro atoms. The predicted octanol–water partition coefficient (Wildman–Crippen LogP) is -0.109. The fourth-order valence-corrected chi connectivity index (χ4v) is 1.47. The van der Waals surface area contributed by atoms with E-state index in [1.165, 1.54) is 0 Å². The summed E-state index contributed by atoms with van der Waals surface area (Å²) in [6, 6.07) is 0.477. The molecule has 1 heterocycles. The summed E-state index contributed by atoms with van der Waals surface area (Å²) in [6.07, 6.45) is 2.19. The van der Waals surface area contributed by atoms with Crippen molar-refractivity contribution in [2.24, 2.45) is 0 Å². The van der Waals surface area contributed by atoms with Crippen molar-refractivity contribution in [3.63, 3.8) is 0 Å². The van der Waals surface area contributed by atoms with Gasteiger partial charge in [-0.15, -0.1) is 0 Å². The van der Waals surface area contributed by atoms with Crippen LogP contribution in [0.4, 0.5) is 0 Å². The minimum atomic E-state index is -0.152. The van der Waals surface area contributed by atoms with Gasteiger partial charge in [0, 0.05) is 6.04 Å². The normalized spacial score (nSPS) is 18.5. The highest BCUT2D eigenvalue weighted by molar-refractivity contribution is 5.71. The number of esters is 1. The molecule has 0 amide bonds. The molecular formula is C9H18N2O2. The molecule has 0 aromatic carbocycles. The number of nitrogens with one attached hydrogen (secondary N) is 2. The molecule has 4 nitrogen and oxygen atoms in total. The SMILES string of the molecule is CCOC(=O)CNC1CCNCC1. The second kappa shape index (κ2) is 5.94. The summed E-state index contributed by atoms with van der Waals surface area (Å²) in [5, 5.41) is 6.46. The maximum Gasteiger partial charge on any atom is 0.319 e. The van der Waals surface area contributed by atoms with Gasteiger partial charge < -0.3 is 15.4 Å². The molecule has 0 radical (unpaired) electrons. The Morgan fingerprint density at radius 1 is 1.54 bits per heavy atom. The second-order valence-electron chi connectivity index (χ2n) is 3.21. The number of piperidine rings is 1. The molecule has 1 aliphatic rings. The van der Waals surface area contributed by atoms with E-state index in [-0.39, 0.29) is 5.97 Å². The van der Waals surface area contributed by atoms with Crippen LogP contribution in [-0.4, -0.2) is 38.3 Å². The molecule has 0 atom stereocenters. The highest BCUT2D eigenvalue weighted by Gasteiger charge is 2.13. The van der Waals surface area contributed by atoms with Gasteiger partial charge in [-0.2, -0.15) is 0 Å². The summed E-state index contributed by atoms with van der Waals surface area (Å²) in [7, 11) is 0. The number of carbonyl (C=O) groups excluding carboxylic acids is 1. The van der Waals surface area contributed by atoms with E-state index in [1.54, 1.807) is 0 Å². The van der Waals surface area contributed by atoms with Gasteiger partial charge in [-0.25, -0.2) is 0 Å². The quantitative estimate of drug-likeness (QED) is 0.602. The first kappa shape index (κ1) is 10.5. The second-order valence-corrected chi connectivity index (χ2v) is 3.21. The Bertz CT molecular complexity index is 156. The van der Waals surface area contributed by atoms with Gasteiger partial charge in [0.05, 0.1) is 13.2 Å². The van der Waals surface area contributed by atoms with E-state index in [4.69, 9.17) is 4.74 Å². The molecule has 2 N–H and O–H groups in total. The lowest BCUT2D eigenvalue weighted by Gasteiger charge is -2.23. The summed E-state index contributed by atoms with van der Waals surface area (Å²) >= 11 is 0. The maximum absolute atomic E-state index is 11.0. The monoisotopic (exact) mass is 186 g/mol. The van der Waals surface area contributed by atoms with Crippen LogP contribution < -0.4 is 10.6 Å². The topological polar surface area (TPSA) is 50.4 Å². The van der Waals surface area contributed by atoms with E-state index in [1.807, 2.05) is 6.92 Å². The minimum Gasteiger partial charge on any atom is -0.465 e. The van der Waals surface area contributed by atoms with Crippen molar-refractivity contribution in [2.45, 2.75) is 25.8 Å². The van der Waals surface area contributed by atoms with Crippen LogP contribution >= 0.6 is 0 Å². The Hall–Kier alpha value is -0.610. The smallest absolute Gasteiger partial charge is 0.319 e. The van der Waals surface area contributed by atoms with E-state index in [0.29, 0.717) is 19.2 Å². The first-order valence-electron chi connectivity index (χ1n) is 4.92. The van der Waals surface area contributed by atoms with Crippen molar-refractivity contribution >= 4 is 5.97 Å². The molecule has 0 bridgehead atoms. The summed E-state index contributed by atoms with van der Waals surface area (Å²) in [4.78, 5) is 11.0. The van der Waals surface area contributed by atoms with E-state index in [2.05, 4.69) is 10.6 Å². The van der Waals surface area contributed by atoms with Gasteiger partial charge in [-0.1, -0.05) is 0 Å². The van der Waals surface area contributed by atoms with Crippen LogP contribution in [-0.2, 0) is 9.53 Å². The van der Waals surface area contributed by atoms with Gasteiger partial charge in [-0.05, 0) is 32.9 Å². The fourth-order valence-electron chi connectivity index (χ4n) is 1.47. The molecule has 0 aromatic rings. The van der Waals surface area contributed by atoms with Crippen molar-refractivity contribution in [3.05, 3.63) is 0 Å². The largest absolute Gasteiger partial charge is 0.465 e. The Balaban J connectivity index is 2.06. The highest BCUT2D eigenvalue weighted by atomic mass is 16.5. The molecule has 1 fully saturated rings. The molecule has 1 rings (SSSR count). The van der Waals surface area contributed by atoms with Crippen LogP contribution in [0.15, 0.2) is 0 Å². The molecular weight excluding hydrogens is 168 g/mol. The average molecular weight is 186 g/mol. The number of hydrogen-bond acceptors (Lipinski definition) is 4. The van der Waals surface area contributed by atoms with Gasteiger partial charge in [0.2, 0.25) is 0 Å². The lowest BCUT2D eigenvalue weighted by Crippen LogP contribution is -2.42. The predicted molar refractivity (Wildman–Crippen MR) is 50.5 cm³/mol. The van der Waals surface area contributed by atoms with Crippen LogP contribution in [0.1, 0.15) is 19.8 Å². The van der Waals surface area contributed by atoms with E-state index < -0.39 is 0 Å². The molecule has 1 aliphatic heterocycles. The van der Waals surface area contributed by atoms with Gasteiger partial charge in [0.15, 0.2) is 0 Å². The first-order chi connectivity index (χ1) is 6.33. The van der Waals surface area contributed by atoms with Crippen LogP contribution in [0.2, 0.25) is 0 Å². The van der Waals surface area contributed by atoms with E-state index >= 15 is 0 Å². The third-order valence-corrected chi connectivity index (χ3v) is 2.18. The number of rotatable bonds is 4. The van der Waals surface area contributed by atoms with Crippen LogP contribution in [0.25, 0.3) is 0 Å². The molecule has 0 unspecified atom stereocenters. The third-order valence-electron chi connectivity index (χ3n) is 2.18. The molecule has 1 saturated heterocycles. The molecule has 0 aromatic heterocycles. The van der Waals surface area contributed by atoms with Crippen molar-refractivity contribution in [1.29, 1.82) is 0 Å². The fraction of sp³-hybridized carbons (Fsp3) is 0.889. The third kappa shape index (κ3) is 4.24. The summed E-state index contributed by atoms with van der Waals surface area (Å²) in [6.45, 7) is 4.72. The van der Waals surface area contributed by atoms with Crippen molar-refractivity contribution in [1.82, 2.24) is 10.6 Å². The minimum absolute atomic E-state index is 0.152. The van der Waals surface area contributed by atoms with Gasteiger partial charge in [-0.3, -0.25) is 4.79 Å². The van der Waals surface area contributed by atoms with Crippen LogP contribution in [0, 0.1) is 0 Å². The summed E-state index contributed by atoms with van der Waals surface area (Å²) in [5.41, 5.74) is 0. The number of hydrogen-bond donors (Lipinski definition) is 2. The number of ether oxygens (including phenoxy) is 1. The lowest BCUT2D eigenvalue weighted by molar-refractivity contribution is -0.142. The standard InChI is InChI=1S/C9H18N2O2/c1-2-13-9(12)7-11-8-3-5-10-6-4-8/h8,10-11H,2-7H2,1H3. The molecule has 13 heavy (non-hydrogen) atoms. The van der Waals surface area contributed by atoms with Crippen LogP contribution in [0.3, 0.4) is 0 Å². The van der Waals surface area contributed by atoms with Crippen molar-refractivity contribution in [3.8, 4) is 0 Å². The van der Waals surface area contributed by atoms with Gasteiger partial charge >= 0.3 is 5.97 Å². The Kier molecular flexibility index (Phi) is 4.78. The molecule has 0 saturated carbocycles. The Morgan fingerprint density at radius 3 is 2.85 bits per heavy atom. The zero-order valence-corrected chi connectivity index (χ0v) is 8.14. The zero-order valence-electron chi connectivity index (χ0n) is 8.14. The van der Waals surface area contributed by atoms with Gasteiger partial charge in [0.1, 0.15) is 0 Å². The molecule has 4 heteroatoms. The lowest BCUT2D eigenvalue weighted by atomic mass is 10.1. The first-order valence-corrected chi connectivity index (χ1v) is 4.92. The van der Waals surface area contributed by atoms with E-state index in [0.717, 1.165) is 25.9 Å². The summed E-state index contributed by atoms with van der Waals surface area (Å²) in [5.74, 6) is -0.152. The maximum atomic E-state index is 11.0. The van der Waals surface area contributed by atoms with Crippen molar-refractivity contribution < 1.29 is 9.53 Å². The highest BCUT2D eigenvalue weighted by Crippen LogP contribution is 2.00. The summed E-state index contributed by atoms with van der Waals surface area (Å²) < 4.78 is 4.82.